The van der Waals surface area contributed by atoms with Gasteiger partial charge >= 0.3 is 17.3 Å². The molecule has 0 saturated carbocycles. The highest BCUT2D eigenvalue weighted by molar-refractivity contribution is 5.86. The zero-order chi connectivity index (χ0) is 30.8. The molecule has 1 fully saturated rings. The van der Waals surface area contributed by atoms with E-state index in [9.17, 15) is 18.8 Å². The van der Waals surface area contributed by atoms with Crippen LogP contribution >= 0.6 is 0 Å². The molecule has 6 rings (SSSR count). The van der Waals surface area contributed by atoms with E-state index in [4.69, 9.17) is 14.2 Å². The van der Waals surface area contributed by atoms with Gasteiger partial charge in [0.1, 0.15) is 17.1 Å². The molecule has 0 atom stereocenters. The molecule has 1 amide bonds. The Morgan fingerprint density at radius 2 is 1.75 bits per heavy atom. The molecule has 3 aromatic heterocycles. The van der Waals surface area contributed by atoms with Crippen LogP contribution in [0.1, 0.15) is 12.5 Å². The lowest BCUT2D eigenvalue weighted by Gasteiger charge is -2.29. The number of nitrogens with zero attached hydrogens (tertiary/aromatic N) is 5. The Bertz CT molecular complexity index is 1960. The van der Waals surface area contributed by atoms with Crippen LogP contribution in [0.4, 0.5) is 20.6 Å². The average Bonchev–Trinajstić information content (AvgIpc) is 3.50. The number of nitrogens with one attached hydrogen (secondary N) is 1. The standard InChI is InChI=1S/C31H29FN6O6/c1-3-35-19-28(29(39)38(31(35)41)23-7-4-21(32)5-8-23)44-30(40)34-22-6-9-26(20(2)16-22)43-27-17-24(36-12-14-42-15-13-36)18-37-25(27)10-11-33-37/h4-11,16-19H,3,12-15H2,1-2H3,(H,34,40). The Labute approximate surface area is 250 Å². The molecule has 0 radical (unpaired) electrons. The maximum atomic E-state index is 13.4. The topological polar surface area (TPSA) is 121 Å². The number of carbonyl (C=O) groups excluding carboxylic acids is 1. The van der Waals surface area contributed by atoms with Crippen LogP contribution in [0.25, 0.3) is 11.2 Å². The fraction of sp³-hybridized carbons (Fsp3) is 0.226. The monoisotopic (exact) mass is 600 g/mol. The molecule has 226 valence electrons. The van der Waals surface area contributed by atoms with E-state index in [0.717, 1.165) is 46.6 Å². The highest BCUT2D eigenvalue weighted by Gasteiger charge is 2.19. The molecule has 12 nitrogen and oxygen atoms in total. The number of carbonyl (C=O) groups is 1. The molecule has 0 bridgehead atoms. The largest absolute Gasteiger partial charge is 0.455 e. The number of amides is 1. The molecule has 4 heterocycles. The minimum absolute atomic E-state index is 0.143. The smallest absolute Gasteiger partial charge is 0.417 e. The second-order valence-corrected chi connectivity index (χ2v) is 10.1. The van der Waals surface area contributed by atoms with Crippen molar-refractivity contribution in [2.75, 3.05) is 36.5 Å². The lowest BCUT2D eigenvalue weighted by Crippen LogP contribution is -2.39. The van der Waals surface area contributed by atoms with Gasteiger partial charge in [-0.2, -0.15) is 5.10 Å². The van der Waals surface area contributed by atoms with Gasteiger partial charge in [-0.1, -0.05) is 0 Å². The van der Waals surface area contributed by atoms with E-state index < -0.39 is 23.2 Å². The van der Waals surface area contributed by atoms with Crippen molar-refractivity contribution in [3.05, 3.63) is 105 Å². The van der Waals surface area contributed by atoms with E-state index in [1.807, 2.05) is 25.3 Å². The lowest BCUT2D eigenvalue weighted by atomic mass is 10.2. The van der Waals surface area contributed by atoms with E-state index in [0.29, 0.717) is 30.4 Å². The third-order valence-corrected chi connectivity index (χ3v) is 7.23. The predicted molar refractivity (Wildman–Crippen MR) is 161 cm³/mol. The highest BCUT2D eigenvalue weighted by atomic mass is 19.1. The van der Waals surface area contributed by atoms with Gasteiger partial charge in [0, 0.05) is 31.4 Å². The van der Waals surface area contributed by atoms with Crippen LogP contribution < -0.4 is 30.9 Å². The molecule has 0 unspecified atom stereocenters. The first-order chi connectivity index (χ1) is 21.3. The summed E-state index contributed by atoms with van der Waals surface area (Å²) in [5, 5.41) is 7.00. The van der Waals surface area contributed by atoms with Crippen molar-refractivity contribution < 1.29 is 23.4 Å². The Kier molecular flexibility index (Phi) is 7.85. The lowest BCUT2D eigenvalue weighted by molar-refractivity contribution is 0.122. The number of hydrogen-bond acceptors (Lipinski definition) is 8. The van der Waals surface area contributed by atoms with Crippen molar-refractivity contribution in [2.24, 2.45) is 0 Å². The predicted octanol–water partition coefficient (Wildman–Crippen LogP) is 4.35. The summed E-state index contributed by atoms with van der Waals surface area (Å²) in [6.45, 7) is 6.58. The highest BCUT2D eigenvalue weighted by Crippen LogP contribution is 2.33. The summed E-state index contributed by atoms with van der Waals surface area (Å²) >= 11 is 0. The molecule has 1 aliphatic rings. The Hall–Kier alpha value is -5.43. The van der Waals surface area contributed by atoms with Gasteiger partial charge in [-0.25, -0.2) is 23.1 Å². The van der Waals surface area contributed by atoms with Gasteiger partial charge in [0.25, 0.3) is 0 Å². The number of rotatable bonds is 7. The SMILES string of the molecule is CCn1cc(OC(=O)Nc2ccc(Oc3cc(N4CCOCC4)cn4nccc34)c(C)c2)c(=O)n(-c2ccc(F)cc2)c1=O. The van der Waals surface area contributed by atoms with Crippen LogP contribution in [0.15, 0.2) is 82.8 Å². The fourth-order valence-corrected chi connectivity index (χ4v) is 4.95. The molecule has 1 aliphatic heterocycles. The van der Waals surface area contributed by atoms with E-state index >= 15 is 0 Å². The number of aryl methyl sites for hydroxylation is 2. The summed E-state index contributed by atoms with van der Waals surface area (Å²) in [4.78, 5) is 41.0. The molecule has 0 aliphatic carbocycles. The number of hydrogen-bond donors (Lipinski definition) is 1. The van der Waals surface area contributed by atoms with E-state index in [-0.39, 0.29) is 18.0 Å². The van der Waals surface area contributed by atoms with Crippen LogP contribution in [-0.2, 0) is 11.3 Å². The second kappa shape index (κ2) is 12.1. The molecule has 44 heavy (non-hydrogen) atoms. The van der Waals surface area contributed by atoms with Crippen molar-refractivity contribution >= 4 is 23.0 Å². The minimum Gasteiger partial charge on any atom is -0.455 e. The second-order valence-electron chi connectivity index (χ2n) is 10.1. The summed E-state index contributed by atoms with van der Waals surface area (Å²) in [7, 11) is 0. The van der Waals surface area contributed by atoms with Gasteiger partial charge in [0.05, 0.1) is 43.2 Å². The molecule has 2 aromatic carbocycles. The minimum atomic E-state index is -0.929. The van der Waals surface area contributed by atoms with Gasteiger partial charge in [0.15, 0.2) is 5.75 Å². The van der Waals surface area contributed by atoms with Crippen molar-refractivity contribution in [3.63, 3.8) is 0 Å². The third kappa shape index (κ3) is 5.77. The quantitative estimate of drug-likeness (QED) is 0.293. The van der Waals surface area contributed by atoms with Crippen LogP contribution in [-0.4, -0.2) is 51.1 Å². The normalized spacial score (nSPS) is 13.2. The van der Waals surface area contributed by atoms with E-state index in [1.165, 1.54) is 22.9 Å². The summed E-state index contributed by atoms with van der Waals surface area (Å²) in [6.07, 6.45) is 3.91. The summed E-state index contributed by atoms with van der Waals surface area (Å²) in [6, 6.07) is 13.8. The molecule has 1 saturated heterocycles. The van der Waals surface area contributed by atoms with Crippen LogP contribution in [0.2, 0.25) is 0 Å². The number of morpholine rings is 1. The Balaban J connectivity index is 1.21. The molecule has 5 aromatic rings. The Morgan fingerprint density at radius 3 is 2.48 bits per heavy atom. The van der Waals surface area contributed by atoms with Crippen LogP contribution in [0, 0.1) is 12.7 Å². The first kappa shape index (κ1) is 28.7. The van der Waals surface area contributed by atoms with E-state index in [1.54, 1.807) is 35.8 Å². The van der Waals surface area contributed by atoms with Gasteiger partial charge in [-0.3, -0.25) is 14.7 Å². The van der Waals surface area contributed by atoms with Crippen LogP contribution in [0.3, 0.4) is 0 Å². The number of benzene rings is 2. The van der Waals surface area contributed by atoms with Crippen molar-refractivity contribution in [1.82, 2.24) is 18.7 Å². The molecule has 0 spiro atoms. The third-order valence-electron chi connectivity index (χ3n) is 7.23. The molecular formula is C31H29FN6O6. The fourth-order valence-electron chi connectivity index (χ4n) is 4.95. The maximum absolute atomic E-state index is 13.4. The van der Waals surface area contributed by atoms with Crippen molar-refractivity contribution in [2.45, 2.75) is 20.4 Å². The van der Waals surface area contributed by atoms with Crippen molar-refractivity contribution in [3.8, 4) is 22.9 Å². The van der Waals surface area contributed by atoms with E-state index in [2.05, 4.69) is 15.3 Å². The summed E-state index contributed by atoms with van der Waals surface area (Å²) < 4.78 is 34.4. The first-order valence-electron chi connectivity index (χ1n) is 14.0. The van der Waals surface area contributed by atoms with Gasteiger partial charge in [-0.15, -0.1) is 0 Å². The number of halogens is 1. The molecular weight excluding hydrogens is 571 g/mol. The molecule has 1 N–H and O–H groups in total. The van der Waals surface area contributed by atoms with Crippen LogP contribution in [0.5, 0.6) is 17.2 Å². The number of aromatic nitrogens is 4. The number of ether oxygens (including phenoxy) is 3. The van der Waals surface area contributed by atoms with Gasteiger partial charge in [-0.05, 0) is 67.9 Å². The zero-order valence-electron chi connectivity index (χ0n) is 24.0. The average molecular weight is 601 g/mol. The first-order valence-corrected chi connectivity index (χ1v) is 14.0. The van der Waals surface area contributed by atoms with Gasteiger partial charge in [0.2, 0.25) is 5.75 Å². The van der Waals surface area contributed by atoms with Gasteiger partial charge < -0.3 is 19.1 Å². The number of anilines is 2. The van der Waals surface area contributed by atoms with Crippen molar-refractivity contribution in [1.29, 1.82) is 0 Å². The number of fused-ring (bicyclic) bond motifs is 1. The Morgan fingerprint density at radius 1 is 0.977 bits per heavy atom. The summed E-state index contributed by atoms with van der Waals surface area (Å²) in [5.74, 6) is 0.309. The molecule has 13 heteroatoms. The summed E-state index contributed by atoms with van der Waals surface area (Å²) in [5.41, 5.74) is 1.54. The maximum Gasteiger partial charge on any atom is 0.417 e. The number of pyridine rings is 1. The zero-order valence-corrected chi connectivity index (χ0v) is 24.0.